The van der Waals surface area contributed by atoms with Gasteiger partial charge in [-0.15, -0.1) is 11.3 Å². The average molecular weight is 433 g/mol. The van der Waals surface area contributed by atoms with Crippen molar-refractivity contribution < 1.29 is 4.74 Å². The third kappa shape index (κ3) is 4.55. The van der Waals surface area contributed by atoms with E-state index in [1.807, 2.05) is 19.1 Å². The minimum absolute atomic E-state index is 0.153. The third-order valence-electron chi connectivity index (χ3n) is 3.06. The standard InChI is InChI=1S/C16H19Br2NOS/c1-3-9-19-16(14-7-8-15(18)21-14)12-10-11(17)5-6-13(12)20-4-2/h5-8,10,16,19H,3-4,9H2,1-2H3. The zero-order chi connectivity index (χ0) is 15.2. The smallest absolute Gasteiger partial charge is 0.124 e. The molecule has 0 bridgehead atoms. The number of benzene rings is 1. The Hall–Kier alpha value is -0.360. The molecule has 1 heterocycles. The lowest BCUT2D eigenvalue weighted by Crippen LogP contribution is -2.23. The highest BCUT2D eigenvalue weighted by molar-refractivity contribution is 9.11. The van der Waals surface area contributed by atoms with Crippen LogP contribution in [0, 0.1) is 0 Å². The van der Waals surface area contributed by atoms with E-state index in [1.54, 1.807) is 11.3 Å². The van der Waals surface area contributed by atoms with E-state index in [1.165, 1.54) is 10.4 Å². The summed E-state index contributed by atoms with van der Waals surface area (Å²) in [7, 11) is 0. The van der Waals surface area contributed by atoms with Crippen LogP contribution >= 0.6 is 43.2 Å². The molecule has 0 saturated carbocycles. The molecule has 1 unspecified atom stereocenters. The van der Waals surface area contributed by atoms with Crippen molar-refractivity contribution in [1.29, 1.82) is 0 Å². The van der Waals surface area contributed by atoms with Gasteiger partial charge in [-0.2, -0.15) is 0 Å². The Morgan fingerprint density at radius 1 is 1.19 bits per heavy atom. The van der Waals surface area contributed by atoms with E-state index in [9.17, 15) is 0 Å². The third-order valence-corrected chi connectivity index (χ3v) is 5.24. The van der Waals surface area contributed by atoms with E-state index in [0.717, 1.165) is 27.0 Å². The number of hydrogen-bond acceptors (Lipinski definition) is 3. The maximum Gasteiger partial charge on any atom is 0.124 e. The molecule has 0 aliphatic heterocycles. The van der Waals surface area contributed by atoms with E-state index >= 15 is 0 Å². The van der Waals surface area contributed by atoms with Gasteiger partial charge in [0.05, 0.1) is 16.4 Å². The van der Waals surface area contributed by atoms with Crippen molar-refractivity contribution in [2.24, 2.45) is 0 Å². The normalized spacial score (nSPS) is 12.4. The van der Waals surface area contributed by atoms with Gasteiger partial charge in [-0.25, -0.2) is 0 Å². The molecule has 0 fully saturated rings. The molecule has 0 amide bonds. The molecule has 2 rings (SSSR count). The Morgan fingerprint density at radius 2 is 2.00 bits per heavy atom. The van der Waals surface area contributed by atoms with Gasteiger partial charge in [-0.3, -0.25) is 0 Å². The van der Waals surface area contributed by atoms with Crippen LogP contribution in [0.4, 0.5) is 0 Å². The van der Waals surface area contributed by atoms with E-state index in [4.69, 9.17) is 4.74 Å². The molecule has 2 nitrogen and oxygen atoms in total. The van der Waals surface area contributed by atoms with Gasteiger partial charge in [0, 0.05) is 14.9 Å². The van der Waals surface area contributed by atoms with Gasteiger partial charge >= 0.3 is 0 Å². The van der Waals surface area contributed by atoms with Gasteiger partial charge in [0.25, 0.3) is 0 Å². The topological polar surface area (TPSA) is 21.3 Å². The Balaban J connectivity index is 2.42. The molecule has 114 valence electrons. The minimum Gasteiger partial charge on any atom is -0.494 e. The first kappa shape index (κ1) is 17.0. The van der Waals surface area contributed by atoms with E-state index in [0.29, 0.717) is 6.61 Å². The van der Waals surface area contributed by atoms with Crippen molar-refractivity contribution in [2.75, 3.05) is 13.2 Å². The van der Waals surface area contributed by atoms with Crippen LogP contribution in [0.5, 0.6) is 5.75 Å². The quantitative estimate of drug-likeness (QED) is 0.600. The van der Waals surface area contributed by atoms with Crippen LogP contribution in [0.25, 0.3) is 0 Å². The second kappa shape index (κ2) is 8.32. The number of rotatable bonds is 7. The summed E-state index contributed by atoms with van der Waals surface area (Å²) in [6.07, 6.45) is 1.10. The highest BCUT2D eigenvalue weighted by Crippen LogP contribution is 2.36. The molecule has 0 spiro atoms. The van der Waals surface area contributed by atoms with Crippen LogP contribution in [0.15, 0.2) is 38.6 Å². The fourth-order valence-electron chi connectivity index (χ4n) is 2.17. The van der Waals surface area contributed by atoms with E-state index < -0.39 is 0 Å². The molecular weight excluding hydrogens is 414 g/mol. The summed E-state index contributed by atoms with van der Waals surface area (Å²) in [5.74, 6) is 0.943. The summed E-state index contributed by atoms with van der Waals surface area (Å²) in [5.41, 5.74) is 1.18. The molecule has 1 N–H and O–H groups in total. The van der Waals surface area contributed by atoms with E-state index in [-0.39, 0.29) is 6.04 Å². The van der Waals surface area contributed by atoms with Crippen molar-refractivity contribution in [1.82, 2.24) is 5.32 Å². The Kier molecular flexibility index (Phi) is 6.74. The summed E-state index contributed by atoms with van der Waals surface area (Å²) in [4.78, 5) is 1.29. The van der Waals surface area contributed by atoms with Crippen molar-refractivity contribution in [3.63, 3.8) is 0 Å². The fraction of sp³-hybridized carbons (Fsp3) is 0.375. The highest BCUT2D eigenvalue weighted by Gasteiger charge is 2.20. The van der Waals surface area contributed by atoms with Crippen LogP contribution in [0.2, 0.25) is 0 Å². The lowest BCUT2D eigenvalue weighted by atomic mass is 10.0. The van der Waals surface area contributed by atoms with Gasteiger partial charge in [0.1, 0.15) is 5.75 Å². The largest absolute Gasteiger partial charge is 0.494 e. The Morgan fingerprint density at radius 3 is 2.62 bits per heavy atom. The lowest BCUT2D eigenvalue weighted by Gasteiger charge is -2.21. The second-order valence-electron chi connectivity index (χ2n) is 4.64. The second-order valence-corrected chi connectivity index (χ2v) is 8.05. The van der Waals surface area contributed by atoms with Gasteiger partial charge < -0.3 is 10.1 Å². The summed E-state index contributed by atoms with van der Waals surface area (Å²) < 4.78 is 8.03. The molecule has 0 aliphatic carbocycles. The zero-order valence-corrected chi connectivity index (χ0v) is 16.1. The van der Waals surface area contributed by atoms with Crippen molar-refractivity contribution in [2.45, 2.75) is 26.3 Å². The molecule has 21 heavy (non-hydrogen) atoms. The monoisotopic (exact) mass is 431 g/mol. The first-order valence-electron chi connectivity index (χ1n) is 7.06. The predicted molar refractivity (Wildman–Crippen MR) is 97.5 cm³/mol. The van der Waals surface area contributed by atoms with Gasteiger partial charge in [0.15, 0.2) is 0 Å². The first-order chi connectivity index (χ1) is 10.2. The van der Waals surface area contributed by atoms with Crippen molar-refractivity contribution >= 4 is 43.2 Å². The first-order valence-corrected chi connectivity index (χ1v) is 9.46. The molecule has 0 radical (unpaired) electrons. The molecule has 5 heteroatoms. The zero-order valence-electron chi connectivity index (χ0n) is 12.2. The fourth-order valence-corrected chi connectivity index (χ4v) is 4.06. The van der Waals surface area contributed by atoms with Crippen LogP contribution in [-0.4, -0.2) is 13.2 Å². The molecule has 2 aromatic rings. The van der Waals surface area contributed by atoms with Crippen LogP contribution < -0.4 is 10.1 Å². The molecule has 0 saturated heterocycles. The Labute approximate surface area is 147 Å². The molecule has 0 aliphatic rings. The summed E-state index contributed by atoms with van der Waals surface area (Å²) in [6.45, 7) is 5.84. The van der Waals surface area contributed by atoms with E-state index in [2.05, 4.69) is 62.3 Å². The lowest BCUT2D eigenvalue weighted by molar-refractivity contribution is 0.333. The molecule has 1 aromatic heterocycles. The number of hydrogen-bond donors (Lipinski definition) is 1. The highest BCUT2D eigenvalue weighted by atomic mass is 79.9. The minimum atomic E-state index is 0.153. The average Bonchev–Trinajstić information content (AvgIpc) is 2.89. The SMILES string of the molecule is CCCNC(c1ccc(Br)s1)c1cc(Br)ccc1OCC. The summed E-state index contributed by atoms with van der Waals surface area (Å²) in [6, 6.07) is 10.6. The van der Waals surface area contributed by atoms with Gasteiger partial charge in [-0.05, 0) is 66.2 Å². The number of ether oxygens (including phenoxy) is 1. The Bertz CT molecular complexity index is 585. The summed E-state index contributed by atoms with van der Waals surface area (Å²) >= 11 is 8.88. The van der Waals surface area contributed by atoms with Crippen LogP contribution in [-0.2, 0) is 0 Å². The molecule has 1 aromatic carbocycles. The van der Waals surface area contributed by atoms with Crippen molar-refractivity contribution in [3.05, 3.63) is 49.0 Å². The van der Waals surface area contributed by atoms with Gasteiger partial charge in [-0.1, -0.05) is 22.9 Å². The number of nitrogens with one attached hydrogen (secondary N) is 1. The van der Waals surface area contributed by atoms with Crippen LogP contribution in [0.1, 0.15) is 36.8 Å². The van der Waals surface area contributed by atoms with Crippen molar-refractivity contribution in [3.8, 4) is 5.75 Å². The molecule has 1 atom stereocenters. The number of thiophene rings is 1. The summed E-state index contributed by atoms with van der Waals surface area (Å²) in [5, 5.41) is 3.63. The molecular formula is C16H19Br2NOS. The van der Waals surface area contributed by atoms with Crippen LogP contribution in [0.3, 0.4) is 0 Å². The number of halogens is 2. The van der Waals surface area contributed by atoms with Gasteiger partial charge in [0.2, 0.25) is 0 Å². The predicted octanol–water partition coefficient (Wildman–Crippen LogP) is 5.76. The maximum atomic E-state index is 5.81. The maximum absolute atomic E-state index is 5.81.